The van der Waals surface area contributed by atoms with Crippen molar-refractivity contribution in [1.82, 2.24) is 4.90 Å². The van der Waals surface area contributed by atoms with Crippen LogP contribution in [0, 0.1) is 0 Å². The number of rotatable bonds is 6. The Morgan fingerprint density at radius 2 is 2.09 bits per heavy atom. The molecule has 1 aliphatic rings. The lowest BCUT2D eigenvalue weighted by Crippen LogP contribution is -2.34. The summed E-state index contributed by atoms with van der Waals surface area (Å²) in [5, 5.41) is 2.09. The highest BCUT2D eigenvalue weighted by Gasteiger charge is 2.33. The first kappa shape index (κ1) is 15.1. The number of carbonyl (C=O) groups excluding carboxylic acids is 1. The number of anilines is 1. The van der Waals surface area contributed by atoms with E-state index in [2.05, 4.69) is 29.3 Å². The first-order chi connectivity index (χ1) is 10.8. The van der Waals surface area contributed by atoms with Gasteiger partial charge < -0.3 is 4.74 Å². The Hall–Kier alpha value is -1.85. The van der Waals surface area contributed by atoms with Crippen LogP contribution in [0.15, 0.2) is 47.8 Å². The van der Waals surface area contributed by atoms with Crippen LogP contribution in [-0.4, -0.2) is 36.7 Å². The molecule has 1 amide bonds. The molecule has 1 aromatic carbocycles. The second-order valence-electron chi connectivity index (χ2n) is 5.36. The van der Waals surface area contributed by atoms with E-state index < -0.39 is 0 Å². The summed E-state index contributed by atoms with van der Waals surface area (Å²) in [6.07, 6.45) is -0.323. The first-order valence-electron chi connectivity index (χ1n) is 7.54. The minimum Gasteiger partial charge on any atom is -0.443 e. The summed E-state index contributed by atoms with van der Waals surface area (Å²) in [4.78, 5) is 17.4. The van der Waals surface area contributed by atoms with Gasteiger partial charge in [0.05, 0.1) is 6.54 Å². The molecule has 0 radical (unpaired) electrons. The van der Waals surface area contributed by atoms with Crippen molar-refractivity contribution in [2.75, 3.05) is 24.5 Å². The van der Waals surface area contributed by atoms with Gasteiger partial charge in [0.15, 0.2) is 0 Å². The van der Waals surface area contributed by atoms with Gasteiger partial charge >= 0.3 is 6.09 Å². The molecule has 4 nitrogen and oxygen atoms in total. The number of ether oxygens (including phenoxy) is 1. The Morgan fingerprint density at radius 1 is 1.27 bits per heavy atom. The van der Waals surface area contributed by atoms with Crippen LogP contribution < -0.4 is 4.90 Å². The van der Waals surface area contributed by atoms with Gasteiger partial charge in [-0.3, -0.25) is 9.80 Å². The number of para-hydroxylation sites is 1. The van der Waals surface area contributed by atoms with Crippen molar-refractivity contribution in [2.24, 2.45) is 0 Å². The van der Waals surface area contributed by atoms with Gasteiger partial charge in [-0.1, -0.05) is 31.2 Å². The van der Waals surface area contributed by atoms with Crippen molar-refractivity contribution >= 4 is 23.1 Å². The van der Waals surface area contributed by atoms with Gasteiger partial charge in [-0.15, -0.1) is 11.3 Å². The molecule has 1 atom stereocenters. The third-order valence-corrected chi connectivity index (χ3v) is 4.67. The molecule has 116 valence electrons. The molecule has 0 N–H and O–H groups in total. The number of nitrogens with zero attached hydrogens (tertiary/aromatic N) is 2. The van der Waals surface area contributed by atoms with Crippen molar-refractivity contribution in [3.8, 4) is 0 Å². The highest BCUT2D eigenvalue weighted by molar-refractivity contribution is 7.09. The molecule has 5 heteroatoms. The molecule has 0 bridgehead atoms. The van der Waals surface area contributed by atoms with Crippen LogP contribution in [0.5, 0.6) is 0 Å². The molecule has 1 saturated heterocycles. The minimum atomic E-state index is -0.247. The predicted octanol–water partition coefficient (Wildman–Crippen LogP) is 3.60. The van der Waals surface area contributed by atoms with Gasteiger partial charge in [0.25, 0.3) is 0 Å². The van der Waals surface area contributed by atoms with Gasteiger partial charge in [0.1, 0.15) is 6.10 Å². The molecule has 1 aliphatic heterocycles. The second-order valence-corrected chi connectivity index (χ2v) is 6.39. The Kier molecular flexibility index (Phi) is 4.75. The van der Waals surface area contributed by atoms with Gasteiger partial charge in [0.2, 0.25) is 0 Å². The quantitative estimate of drug-likeness (QED) is 0.816. The fraction of sp³-hybridized carbons (Fsp3) is 0.353. The lowest BCUT2D eigenvalue weighted by Gasteiger charge is -2.22. The van der Waals surface area contributed by atoms with Crippen LogP contribution in [0.1, 0.15) is 11.8 Å². The number of amides is 1. The topological polar surface area (TPSA) is 32.8 Å². The summed E-state index contributed by atoms with van der Waals surface area (Å²) < 4.78 is 5.53. The molecule has 3 rings (SSSR count). The average Bonchev–Trinajstić information content (AvgIpc) is 3.17. The maximum atomic E-state index is 12.1. The number of hydrogen-bond acceptors (Lipinski definition) is 4. The summed E-state index contributed by atoms with van der Waals surface area (Å²) in [6.45, 7) is 5.37. The van der Waals surface area contributed by atoms with Crippen molar-refractivity contribution in [2.45, 2.75) is 19.6 Å². The Bertz CT molecular complexity index is 600. The van der Waals surface area contributed by atoms with Crippen molar-refractivity contribution in [3.05, 3.63) is 52.7 Å². The standard InChI is InChI=1S/C17H20N2O2S/c1-2-18(13-16-9-6-10-22-16)11-15-12-19(17(20)21-15)14-7-4-3-5-8-14/h3-10,15H,2,11-13H2,1H3. The fourth-order valence-corrected chi connectivity index (χ4v) is 3.40. The van der Waals surface area contributed by atoms with E-state index in [0.29, 0.717) is 6.54 Å². The van der Waals surface area contributed by atoms with E-state index >= 15 is 0 Å². The molecular formula is C17H20N2O2S. The molecule has 22 heavy (non-hydrogen) atoms. The number of thiophene rings is 1. The molecule has 1 unspecified atom stereocenters. The van der Waals surface area contributed by atoms with Gasteiger partial charge in [-0.25, -0.2) is 4.79 Å². The summed E-state index contributed by atoms with van der Waals surface area (Å²) >= 11 is 1.76. The molecule has 1 fully saturated rings. The zero-order valence-corrected chi connectivity index (χ0v) is 13.5. The van der Waals surface area contributed by atoms with Crippen molar-refractivity contribution < 1.29 is 9.53 Å². The van der Waals surface area contributed by atoms with Gasteiger partial charge in [-0.05, 0) is 30.1 Å². The highest BCUT2D eigenvalue weighted by atomic mass is 32.1. The average molecular weight is 316 g/mol. The Balaban J connectivity index is 1.60. The fourth-order valence-electron chi connectivity index (χ4n) is 2.65. The van der Waals surface area contributed by atoms with E-state index in [1.807, 2.05) is 30.3 Å². The SMILES string of the molecule is CCN(Cc1cccs1)CC1CN(c2ccccc2)C(=O)O1. The number of hydrogen-bond donors (Lipinski definition) is 0. The monoisotopic (exact) mass is 316 g/mol. The summed E-state index contributed by atoms with van der Waals surface area (Å²) in [7, 11) is 0. The van der Waals surface area contributed by atoms with Crippen molar-refractivity contribution in [1.29, 1.82) is 0 Å². The van der Waals surface area contributed by atoms with E-state index in [1.165, 1.54) is 4.88 Å². The first-order valence-corrected chi connectivity index (χ1v) is 8.42. The van der Waals surface area contributed by atoms with Crippen LogP contribution in [0.25, 0.3) is 0 Å². The van der Waals surface area contributed by atoms with Gasteiger partial charge in [-0.2, -0.15) is 0 Å². The predicted molar refractivity (Wildman–Crippen MR) is 89.3 cm³/mol. The summed E-state index contributed by atoms with van der Waals surface area (Å²) in [6, 6.07) is 13.9. The normalized spacial score (nSPS) is 18.0. The third kappa shape index (κ3) is 3.48. The molecule has 2 aromatic rings. The van der Waals surface area contributed by atoms with Crippen LogP contribution >= 0.6 is 11.3 Å². The summed E-state index contributed by atoms with van der Waals surface area (Å²) in [5.41, 5.74) is 0.899. The van der Waals surface area contributed by atoms with Crippen LogP contribution in [-0.2, 0) is 11.3 Å². The number of benzene rings is 1. The molecule has 0 saturated carbocycles. The van der Waals surface area contributed by atoms with Crippen molar-refractivity contribution in [3.63, 3.8) is 0 Å². The smallest absolute Gasteiger partial charge is 0.414 e. The number of carbonyl (C=O) groups is 1. The zero-order valence-electron chi connectivity index (χ0n) is 12.6. The maximum absolute atomic E-state index is 12.1. The highest BCUT2D eigenvalue weighted by Crippen LogP contribution is 2.22. The molecule has 1 aromatic heterocycles. The lowest BCUT2D eigenvalue weighted by molar-refractivity contribution is 0.108. The Labute approximate surface area is 134 Å². The number of likely N-dealkylation sites (N-methyl/N-ethyl adjacent to an activating group) is 1. The van der Waals surface area contributed by atoms with Crippen LogP contribution in [0.3, 0.4) is 0 Å². The van der Waals surface area contributed by atoms with E-state index in [9.17, 15) is 4.79 Å². The molecule has 0 spiro atoms. The number of cyclic esters (lactones) is 1. The van der Waals surface area contributed by atoms with E-state index in [-0.39, 0.29) is 12.2 Å². The van der Waals surface area contributed by atoms with E-state index in [0.717, 1.165) is 25.3 Å². The maximum Gasteiger partial charge on any atom is 0.414 e. The minimum absolute atomic E-state index is 0.0763. The van der Waals surface area contributed by atoms with Crippen LogP contribution in [0.4, 0.5) is 10.5 Å². The van der Waals surface area contributed by atoms with Crippen LogP contribution in [0.2, 0.25) is 0 Å². The Morgan fingerprint density at radius 3 is 2.77 bits per heavy atom. The zero-order chi connectivity index (χ0) is 15.4. The van der Waals surface area contributed by atoms with E-state index in [4.69, 9.17) is 4.74 Å². The second kappa shape index (κ2) is 6.94. The molecule has 0 aliphatic carbocycles. The third-order valence-electron chi connectivity index (χ3n) is 3.81. The molecular weight excluding hydrogens is 296 g/mol. The summed E-state index contributed by atoms with van der Waals surface area (Å²) in [5.74, 6) is 0. The lowest BCUT2D eigenvalue weighted by atomic mass is 10.2. The largest absolute Gasteiger partial charge is 0.443 e. The molecule has 2 heterocycles. The van der Waals surface area contributed by atoms with Gasteiger partial charge in [0, 0.05) is 23.7 Å². The van der Waals surface area contributed by atoms with E-state index in [1.54, 1.807) is 16.2 Å².